The number of halogens is 1. The van der Waals surface area contributed by atoms with E-state index in [1.165, 1.54) is 0 Å². The maximum Gasteiger partial charge on any atom is 0.174 e. The summed E-state index contributed by atoms with van der Waals surface area (Å²) >= 11 is 2.20. The van der Waals surface area contributed by atoms with Gasteiger partial charge in [-0.15, -0.1) is 0 Å². The molecule has 24 heavy (non-hydrogen) atoms. The average Bonchev–Trinajstić information content (AvgIpc) is 2.59. The highest BCUT2D eigenvalue weighted by molar-refractivity contribution is 14.1. The van der Waals surface area contributed by atoms with Crippen LogP contribution < -0.4 is 9.47 Å². The minimum absolute atomic E-state index is 0.411. The van der Waals surface area contributed by atoms with E-state index >= 15 is 0 Å². The fourth-order valence-electron chi connectivity index (χ4n) is 2.19. The van der Waals surface area contributed by atoms with E-state index in [-0.39, 0.29) is 0 Å². The maximum absolute atomic E-state index is 9.49. The molecule has 0 amide bonds. The predicted octanol–water partition coefficient (Wildman–Crippen LogP) is 5.24. The number of ether oxygens (including phenoxy) is 2. The molecule has 2 rings (SSSR count). The van der Waals surface area contributed by atoms with Crippen molar-refractivity contribution in [3.63, 3.8) is 0 Å². The first kappa shape index (κ1) is 18.1. The molecule has 0 spiro atoms. The zero-order valence-corrected chi connectivity index (χ0v) is 15.8. The normalized spacial score (nSPS) is 10.8. The van der Waals surface area contributed by atoms with Crippen LogP contribution in [0.3, 0.4) is 0 Å². The number of hydrogen-bond donors (Lipinski definition) is 0. The molecule has 0 aromatic heterocycles. The fraction of sp³-hybridized carbons (Fsp3) is 0.150. The standard InChI is InChI=1S/C20H18INO2/c1-4-9-24-20-18(21)11-15(12-19(20)23-3)10-17(13-22)16-7-5-14(2)6-8-16/h4-8,10-12H,1,9H2,2-3H3/b17-10+. The Morgan fingerprint density at radius 2 is 2.00 bits per heavy atom. The largest absolute Gasteiger partial charge is 0.493 e. The number of hydrogen-bond acceptors (Lipinski definition) is 3. The molecule has 0 bridgehead atoms. The van der Waals surface area contributed by atoms with Crippen molar-refractivity contribution in [2.45, 2.75) is 6.92 Å². The lowest BCUT2D eigenvalue weighted by Gasteiger charge is -2.12. The lowest BCUT2D eigenvalue weighted by molar-refractivity contribution is 0.324. The molecule has 0 aliphatic rings. The topological polar surface area (TPSA) is 42.2 Å². The predicted molar refractivity (Wildman–Crippen MR) is 106 cm³/mol. The van der Waals surface area contributed by atoms with E-state index in [9.17, 15) is 5.26 Å². The molecule has 0 heterocycles. The number of benzene rings is 2. The molecule has 122 valence electrons. The highest BCUT2D eigenvalue weighted by Crippen LogP contribution is 2.35. The Hall–Kier alpha value is -2.26. The van der Waals surface area contributed by atoms with Crippen LogP contribution in [0.2, 0.25) is 0 Å². The molecule has 0 aliphatic carbocycles. The monoisotopic (exact) mass is 431 g/mol. The van der Waals surface area contributed by atoms with Crippen LogP contribution in [0.4, 0.5) is 0 Å². The Morgan fingerprint density at radius 1 is 1.29 bits per heavy atom. The van der Waals surface area contributed by atoms with Gasteiger partial charge in [-0.05, 0) is 58.9 Å². The van der Waals surface area contributed by atoms with E-state index < -0.39 is 0 Å². The van der Waals surface area contributed by atoms with Crippen molar-refractivity contribution < 1.29 is 9.47 Å². The Balaban J connectivity index is 2.43. The first-order valence-corrected chi connectivity index (χ1v) is 8.47. The van der Waals surface area contributed by atoms with E-state index in [0.717, 1.165) is 20.3 Å². The molecule has 0 fully saturated rings. The van der Waals surface area contributed by atoms with Crippen molar-refractivity contribution in [3.05, 3.63) is 69.3 Å². The third-order valence-corrected chi connectivity index (χ3v) is 4.19. The molecular weight excluding hydrogens is 413 g/mol. The van der Waals surface area contributed by atoms with Crippen LogP contribution in [0, 0.1) is 21.8 Å². The lowest BCUT2D eigenvalue weighted by Crippen LogP contribution is -1.99. The van der Waals surface area contributed by atoms with Crippen LogP contribution in [0.1, 0.15) is 16.7 Å². The van der Waals surface area contributed by atoms with Crippen LogP contribution in [-0.2, 0) is 0 Å². The van der Waals surface area contributed by atoms with E-state index in [2.05, 4.69) is 35.2 Å². The van der Waals surface area contributed by atoms with Crippen molar-refractivity contribution in [3.8, 4) is 17.6 Å². The van der Waals surface area contributed by atoms with Gasteiger partial charge in [0.2, 0.25) is 0 Å². The smallest absolute Gasteiger partial charge is 0.174 e. The van der Waals surface area contributed by atoms with Gasteiger partial charge in [-0.25, -0.2) is 0 Å². The number of methoxy groups -OCH3 is 1. The summed E-state index contributed by atoms with van der Waals surface area (Å²) in [4.78, 5) is 0. The van der Waals surface area contributed by atoms with Crippen LogP contribution in [0.5, 0.6) is 11.5 Å². The van der Waals surface area contributed by atoms with Crippen molar-refractivity contribution in [2.24, 2.45) is 0 Å². The van der Waals surface area contributed by atoms with Crippen molar-refractivity contribution >= 4 is 34.2 Å². The SMILES string of the molecule is C=CCOc1c(I)cc(/C=C(\C#N)c2ccc(C)cc2)cc1OC. The lowest BCUT2D eigenvalue weighted by atomic mass is 10.0. The van der Waals surface area contributed by atoms with Gasteiger partial charge < -0.3 is 9.47 Å². The molecule has 0 saturated heterocycles. The Labute approximate surface area is 156 Å². The minimum atomic E-state index is 0.411. The maximum atomic E-state index is 9.49. The summed E-state index contributed by atoms with van der Waals surface area (Å²) in [7, 11) is 1.60. The minimum Gasteiger partial charge on any atom is -0.493 e. The van der Waals surface area contributed by atoms with Crippen molar-refractivity contribution in [1.29, 1.82) is 5.26 Å². The first-order valence-electron chi connectivity index (χ1n) is 7.39. The summed E-state index contributed by atoms with van der Waals surface area (Å²) in [6.45, 7) is 6.09. The van der Waals surface area contributed by atoms with Crippen LogP contribution in [-0.4, -0.2) is 13.7 Å². The molecule has 0 aliphatic heterocycles. The molecular formula is C20H18INO2. The number of rotatable bonds is 6. The van der Waals surface area contributed by atoms with Crippen LogP contribution in [0.15, 0.2) is 49.1 Å². The molecule has 0 radical (unpaired) electrons. The van der Waals surface area contributed by atoms with Crippen molar-refractivity contribution in [1.82, 2.24) is 0 Å². The van der Waals surface area contributed by atoms with Crippen LogP contribution >= 0.6 is 22.6 Å². The molecule has 4 heteroatoms. The van der Waals surface area contributed by atoms with Gasteiger partial charge in [0, 0.05) is 0 Å². The highest BCUT2D eigenvalue weighted by atomic mass is 127. The molecule has 0 atom stereocenters. The Bertz CT molecular complexity index is 802. The Kier molecular flexibility index (Phi) is 6.44. The van der Waals surface area contributed by atoms with E-state index in [1.54, 1.807) is 13.2 Å². The quantitative estimate of drug-likeness (QED) is 0.272. The number of nitrogens with zero attached hydrogens (tertiary/aromatic N) is 1. The second-order valence-electron chi connectivity index (χ2n) is 5.17. The van der Waals surface area contributed by atoms with Crippen LogP contribution in [0.25, 0.3) is 11.6 Å². The Morgan fingerprint density at radius 3 is 2.58 bits per heavy atom. The molecule has 0 N–H and O–H groups in total. The average molecular weight is 431 g/mol. The molecule has 0 unspecified atom stereocenters. The number of allylic oxidation sites excluding steroid dienone is 1. The first-order chi connectivity index (χ1) is 11.6. The summed E-state index contributed by atoms with van der Waals surface area (Å²) in [5, 5.41) is 9.49. The van der Waals surface area contributed by atoms with Gasteiger partial charge in [0.15, 0.2) is 11.5 Å². The third kappa shape index (κ3) is 4.39. The summed E-state index contributed by atoms with van der Waals surface area (Å²) in [6, 6.07) is 14.0. The summed E-state index contributed by atoms with van der Waals surface area (Å²) in [5.74, 6) is 1.32. The van der Waals surface area contributed by atoms with Gasteiger partial charge in [0.05, 0.1) is 22.3 Å². The van der Waals surface area contributed by atoms with E-state index in [0.29, 0.717) is 23.7 Å². The second kappa shape index (κ2) is 8.55. The molecule has 2 aromatic carbocycles. The summed E-state index contributed by atoms with van der Waals surface area (Å²) in [6.07, 6.45) is 3.54. The van der Waals surface area contributed by atoms with Crippen molar-refractivity contribution in [2.75, 3.05) is 13.7 Å². The van der Waals surface area contributed by atoms with Gasteiger partial charge in [0.1, 0.15) is 6.61 Å². The van der Waals surface area contributed by atoms with Gasteiger partial charge in [-0.1, -0.05) is 42.5 Å². The zero-order valence-electron chi connectivity index (χ0n) is 13.7. The van der Waals surface area contributed by atoms with Gasteiger partial charge >= 0.3 is 0 Å². The van der Waals surface area contributed by atoms with E-state index in [4.69, 9.17) is 9.47 Å². The fourth-order valence-corrected chi connectivity index (χ4v) is 2.97. The zero-order chi connectivity index (χ0) is 17.5. The highest BCUT2D eigenvalue weighted by Gasteiger charge is 2.11. The summed E-state index contributed by atoms with van der Waals surface area (Å²) in [5.41, 5.74) is 3.55. The number of aryl methyl sites for hydroxylation is 1. The third-order valence-electron chi connectivity index (χ3n) is 3.39. The number of nitriles is 1. The van der Waals surface area contributed by atoms with Gasteiger partial charge in [0.25, 0.3) is 0 Å². The van der Waals surface area contributed by atoms with Gasteiger partial charge in [-0.3, -0.25) is 0 Å². The van der Waals surface area contributed by atoms with E-state index in [1.807, 2.05) is 49.4 Å². The summed E-state index contributed by atoms with van der Waals surface area (Å²) < 4.78 is 12.0. The second-order valence-corrected chi connectivity index (χ2v) is 6.33. The molecule has 2 aromatic rings. The molecule has 3 nitrogen and oxygen atoms in total. The van der Waals surface area contributed by atoms with Gasteiger partial charge in [-0.2, -0.15) is 5.26 Å². The molecule has 0 saturated carbocycles.